The monoisotopic (exact) mass is 417 g/mol. The third kappa shape index (κ3) is 3.07. The minimum Gasteiger partial charge on any atom is -0.493 e. The van der Waals surface area contributed by atoms with E-state index in [1.807, 2.05) is 36.5 Å². The molecule has 3 heterocycles. The van der Waals surface area contributed by atoms with Crippen LogP contribution in [0.3, 0.4) is 0 Å². The molecule has 3 aromatic heterocycles. The average Bonchev–Trinajstić information content (AvgIpc) is 3.37. The van der Waals surface area contributed by atoms with Crippen LogP contribution in [0.1, 0.15) is 0 Å². The van der Waals surface area contributed by atoms with Gasteiger partial charge in [0.15, 0.2) is 23.0 Å². The second-order valence-electron chi connectivity index (χ2n) is 6.71. The Labute approximate surface area is 176 Å². The predicted octanol–water partition coefficient (Wildman–Crippen LogP) is 4.95. The van der Waals surface area contributed by atoms with Gasteiger partial charge in [0.1, 0.15) is 5.69 Å². The first-order valence-corrected chi connectivity index (χ1v) is 10.1. The summed E-state index contributed by atoms with van der Waals surface area (Å²) in [5, 5.41) is 9.21. The maximum absolute atomic E-state index is 6.27. The highest BCUT2D eigenvalue weighted by molar-refractivity contribution is 7.22. The van der Waals surface area contributed by atoms with E-state index in [9.17, 15) is 0 Å². The number of nitrogens with two attached hydrogens (primary N) is 1. The fourth-order valence-electron chi connectivity index (χ4n) is 3.39. The summed E-state index contributed by atoms with van der Waals surface area (Å²) in [5.41, 5.74) is 9.15. The van der Waals surface area contributed by atoms with Crippen molar-refractivity contribution < 1.29 is 9.47 Å². The number of aromatic nitrogens is 3. The fraction of sp³-hybridized carbons (Fsp3) is 0.0909. The van der Waals surface area contributed by atoms with E-state index in [0.29, 0.717) is 28.7 Å². The van der Waals surface area contributed by atoms with E-state index in [2.05, 4.69) is 28.5 Å². The topological polar surface area (TPSA) is 86.7 Å². The molecule has 0 aliphatic rings. The number of imidazole rings is 1. The van der Waals surface area contributed by atoms with Gasteiger partial charge in [-0.05, 0) is 29.7 Å². The molecule has 5 rings (SSSR count). The Hall–Kier alpha value is -3.78. The molecule has 3 N–H and O–H groups in total. The molecule has 150 valence electrons. The maximum atomic E-state index is 6.27. The molecule has 8 heteroatoms. The Morgan fingerprint density at radius 1 is 1.00 bits per heavy atom. The highest BCUT2D eigenvalue weighted by Crippen LogP contribution is 2.35. The summed E-state index contributed by atoms with van der Waals surface area (Å²) in [4.78, 5) is 5.56. The Bertz CT molecular complexity index is 1340. The van der Waals surface area contributed by atoms with Gasteiger partial charge in [-0.15, -0.1) is 16.4 Å². The first-order valence-electron chi connectivity index (χ1n) is 9.28. The molecule has 7 nitrogen and oxygen atoms in total. The maximum Gasteiger partial charge on any atom is 0.177 e. The van der Waals surface area contributed by atoms with Crippen molar-refractivity contribution in [3.63, 3.8) is 0 Å². The lowest BCUT2D eigenvalue weighted by atomic mass is 10.2. The highest BCUT2D eigenvalue weighted by Gasteiger charge is 2.14. The molecule has 0 saturated carbocycles. The Kier molecular flexibility index (Phi) is 4.40. The molecular weight excluding hydrogens is 398 g/mol. The number of methoxy groups -OCH3 is 2. The van der Waals surface area contributed by atoms with Gasteiger partial charge in [-0.1, -0.05) is 18.2 Å². The van der Waals surface area contributed by atoms with E-state index in [-0.39, 0.29) is 0 Å². The molecular formula is C22H19N5O2S. The van der Waals surface area contributed by atoms with Crippen LogP contribution in [0, 0.1) is 0 Å². The van der Waals surface area contributed by atoms with Crippen LogP contribution in [0.15, 0.2) is 60.8 Å². The molecule has 0 radical (unpaired) electrons. The zero-order chi connectivity index (χ0) is 20.7. The van der Waals surface area contributed by atoms with Crippen molar-refractivity contribution in [2.24, 2.45) is 0 Å². The van der Waals surface area contributed by atoms with Crippen LogP contribution in [0.25, 0.3) is 26.3 Å². The molecule has 2 aromatic carbocycles. The SMILES string of the molecule is COc1ccc(Nc2cc(N)c3ncc(-c4cc5ccccc5s4)n3n2)cc1OC. The predicted molar refractivity (Wildman–Crippen MR) is 121 cm³/mol. The molecule has 30 heavy (non-hydrogen) atoms. The van der Waals surface area contributed by atoms with Gasteiger partial charge in [-0.25, -0.2) is 9.50 Å². The second kappa shape index (κ2) is 7.23. The summed E-state index contributed by atoms with van der Waals surface area (Å²) >= 11 is 1.70. The molecule has 0 unspecified atom stereocenters. The molecule has 0 aliphatic carbocycles. The van der Waals surface area contributed by atoms with Gasteiger partial charge in [0.05, 0.1) is 31.0 Å². The van der Waals surface area contributed by atoms with Gasteiger partial charge in [-0.3, -0.25) is 0 Å². The van der Waals surface area contributed by atoms with Crippen LogP contribution >= 0.6 is 11.3 Å². The largest absolute Gasteiger partial charge is 0.493 e. The number of fused-ring (bicyclic) bond motifs is 2. The molecule has 0 amide bonds. The molecule has 0 spiro atoms. The number of hydrogen-bond donors (Lipinski definition) is 2. The third-order valence-corrected chi connectivity index (χ3v) is 5.97. The summed E-state index contributed by atoms with van der Waals surface area (Å²) in [7, 11) is 3.21. The number of ether oxygens (including phenoxy) is 2. The van der Waals surface area contributed by atoms with Crippen LogP contribution in [0.4, 0.5) is 17.2 Å². The number of nitrogens with zero attached hydrogens (tertiary/aromatic N) is 3. The zero-order valence-electron chi connectivity index (χ0n) is 16.4. The normalized spacial score (nSPS) is 11.1. The number of nitrogens with one attached hydrogen (secondary N) is 1. The van der Waals surface area contributed by atoms with Crippen LogP contribution in [0.5, 0.6) is 11.5 Å². The molecule has 0 fully saturated rings. The fourth-order valence-corrected chi connectivity index (χ4v) is 4.45. The van der Waals surface area contributed by atoms with Gasteiger partial charge in [-0.2, -0.15) is 0 Å². The lowest BCUT2D eigenvalue weighted by Crippen LogP contribution is -2.03. The smallest absolute Gasteiger partial charge is 0.177 e. The van der Waals surface area contributed by atoms with E-state index >= 15 is 0 Å². The average molecular weight is 417 g/mol. The Morgan fingerprint density at radius 3 is 2.63 bits per heavy atom. The third-order valence-electron chi connectivity index (χ3n) is 4.83. The Morgan fingerprint density at radius 2 is 1.83 bits per heavy atom. The summed E-state index contributed by atoms with van der Waals surface area (Å²) in [6.07, 6.45) is 1.81. The van der Waals surface area contributed by atoms with E-state index in [1.54, 1.807) is 36.1 Å². The summed E-state index contributed by atoms with van der Waals surface area (Å²) in [5.74, 6) is 1.89. The summed E-state index contributed by atoms with van der Waals surface area (Å²) < 4.78 is 13.7. The molecule has 5 aromatic rings. The van der Waals surface area contributed by atoms with Gasteiger partial charge in [0, 0.05) is 22.5 Å². The highest BCUT2D eigenvalue weighted by atomic mass is 32.1. The van der Waals surface area contributed by atoms with Gasteiger partial charge in [0.25, 0.3) is 0 Å². The van der Waals surface area contributed by atoms with Crippen LogP contribution in [-0.4, -0.2) is 28.8 Å². The summed E-state index contributed by atoms with van der Waals surface area (Å²) in [6, 6.07) is 17.8. The first-order chi connectivity index (χ1) is 14.7. The number of thiophene rings is 1. The van der Waals surface area contributed by atoms with Gasteiger partial charge >= 0.3 is 0 Å². The summed E-state index contributed by atoms with van der Waals surface area (Å²) in [6.45, 7) is 0. The van der Waals surface area contributed by atoms with Crippen molar-refractivity contribution in [3.05, 3.63) is 60.8 Å². The van der Waals surface area contributed by atoms with E-state index in [4.69, 9.17) is 20.3 Å². The van der Waals surface area contributed by atoms with Crippen molar-refractivity contribution in [3.8, 4) is 22.1 Å². The lowest BCUT2D eigenvalue weighted by molar-refractivity contribution is 0.355. The minimum atomic E-state index is 0.542. The van der Waals surface area contributed by atoms with Crippen LogP contribution < -0.4 is 20.5 Å². The molecule has 0 bridgehead atoms. The first kappa shape index (κ1) is 18.3. The van der Waals surface area contributed by atoms with Crippen molar-refractivity contribution in [1.82, 2.24) is 14.6 Å². The van der Waals surface area contributed by atoms with Crippen molar-refractivity contribution >= 4 is 44.3 Å². The second-order valence-corrected chi connectivity index (χ2v) is 7.79. The van der Waals surface area contributed by atoms with Crippen molar-refractivity contribution in [2.45, 2.75) is 0 Å². The molecule has 0 atom stereocenters. The van der Waals surface area contributed by atoms with E-state index in [1.165, 1.54) is 10.1 Å². The number of anilines is 3. The molecule has 0 aliphatic heterocycles. The number of nitrogen functional groups attached to an aromatic ring is 1. The van der Waals surface area contributed by atoms with E-state index < -0.39 is 0 Å². The number of hydrogen-bond acceptors (Lipinski definition) is 7. The quantitative estimate of drug-likeness (QED) is 0.421. The standard InChI is InChI=1S/C22H19N5O2S/c1-28-17-8-7-14(10-18(17)29-2)25-21-11-15(23)22-24-12-16(27(22)26-21)20-9-13-5-3-4-6-19(13)30-20/h3-12H,23H2,1-2H3,(H,25,26). The van der Waals surface area contributed by atoms with E-state index in [0.717, 1.165) is 16.3 Å². The zero-order valence-corrected chi connectivity index (χ0v) is 17.2. The number of rotatable bonds is 5. The van der Waals surface area contributed by atoms with Crippen LogP contribution in [-0.2, 0) is 0 Å². The van der Waals surface area contributed by atoms with Crippen molar-refractivity contribution in [1.29, 1.82) is 0 Å². The van der Waals surface area contributed by atoms with Crippen molar-refractivity contribution in [2.75, 3.05) is 25.3 Å². The van der Waals surface area contributed by atoms with Crippen LogP contribution in [0.2, 0.25) is 0 Å². The Balaban J connectivity index is 1.57. The minimum absolute atomic E-state index is 0.542. The van der Waals surface area contributed by atoms with Gasteiger partial charge < -0.3 is 20.5 Å². The lowest BCUT2D eigenvalue weighted by Gasteiger charge is -2.12. The molecule has 0 saturated heterocycles. The van der Waals surface area contributed by atoms with Gasteiger partial charge in [0.2, 0.25) is 0 Å². The number of benzene rings is 2.